The number of anilines is 2. The molecule has 4 N–H and O–H groups in total. The summed E-state index contributed by atoms with van der Waals surface area (Å²) in [5.74, 6) is -0.0368. The molecule has 1 aliphatic rings. The van der Waals surface area contributed by atoms with Gasteiger partial charge in [0.15, 0.2) is 10.8 Å². The van der Waals surface area contributed by atoms with Gasteiger partial charge in [0, 0.05) is 13.5 Å². The van der Waals surface area contributed by atoms with E-state index in [1.807, 2.05) is 0 Å². The monoisotopic (exact) mass is 296 g/mol. The average molecular weight is 296 g/mol. The molecule has 0 radical (unpaired) electrons. The lowest BCUT2D eigenvalue weighted by Gasteiger charge is -2.08. The summed E-state index contributed by atoms with van der Waals surface area (Å²) in [5.41, 5.74) is 5.38. The highest BCUT2D eigenvalue weighted by Gasteiger charge is 2.19. The molecule has 0 bridgehead atoms. The molecule has 0 aromatic carbocycles. The highest BCUT2D eigenvalue weighted by Crippen LogP contribution is 2.30. The third-order valence-electron chi connectivity index (χ3n) is 3.58. The number of amides is 2. The number of rotatable bonds is 6. The number of nitrogens with zero attached hydrogens (tertiary/aromatic N) is 1. The number of aromatic nitrogens is 1. The Labute approximate surface area is 122 Å². The minimum atomic E-state index is -0.631. The van der Waals surface area contributed by atoms with E-state index in [1.165, 1.54) is 37.0 Å². The summed E-state index contributed by atoms with van der Waals surface area (Å²) in [7, 11) is 1.70. The fraction of sp³-hybridized carbons (Fsp3) is 0.615. The SMILES string of the molecule is CNc1nc(C(N)=O)c(NC(=O)CCC2CCCC2)s1. The molecule has 2 rings (SSSR count). The maximum absolute atomic E-state index is 11.9. The van der Waals surface area contributed by atoms with E-state index >= 15 is 0 Å². The Hall–Kier alpha value is -1.63. The van der Waals surface area contributed by atoms with Crippen LogP contribution in [0.4, 0.5) is 10.1 Å². The fourth-order valence-electron chi connectivity index (χ4n) is 2.50. The quantitative estimate of drug-likeness (QED) is 0.749. The van der Waals surface area contributed by atoms with Crippen molar-refractivity contribution in [2.45, 2.75) is 38.5 Å². The van der Waals surface area contributed by atoms with Gasteiger partial charge in [-0.25, -0.2) is 4.98 Å². The van der Waals surface area contributed by atoms with E-state index in [1.54, 1.807) is 7.05 Å². The number of thiazole rings is 1. The van der Waals surface area contributed by atoms with E-state index in [4.69, 9.17) is 5.73 Å². The molecule has 0 saturated heterocycles. The van der Waals surface area contributed by atoms with Crippen LogP contribution in [0.1, 0.15) is 49.0 Å². The molecule has 2 amide bonds. The minimum Gasteiger partial charge on any atom is -0.365 e. The van der Waals surface area contributed by atoms with Crippen LogP contribution in [0, 0.1) is 5.92 Å². The Morgan fingerprint density at radius 1 is 1.40 bits per heavy atom. The van der Waals surface area contributed by atoms with Crippen LogP contribution in [-0.2, 0) is 4.79 Å². The van der Waals surface area contributed by atoms with Gasteiger partial charge in [-0.05, 0) is 12.3 Å². The highest BCUT2D eigenvalue weighted by molar-refractivity contribution is 7.20. The zero-order chi connectivity index (χ0) is 14.5. The van der Waals surface area contributed by atoms with Gasteiger partial charge in [0.1, 0.15) is 5.00 Å². The Morgan fingerprint density at radius 3 is 2.70 bits per heavy atom. The maximum atomic E-state index is 11.9. The highest BCUT2D eigenvalue weighted by atomic mass is 32.1. The van der Waals surface area contributed by atoms with Gasteiger partial charge in [-0.1, -0.05) is 37.0 Å². The second-order valence-electron chi connectivity index (χ2n) is 5.05. The van der Waals surface area contributed by atoms with Crippen LogP contribution in [0.15, 0.2) is 0 Å². The van der Waals surface area contributed by atoms with E-state index < -0.39 is 5.91 Å². The predicted molar refractivity (Wildman–Crippen MR) is 80.0 cm³/mol. The first-order chi connectivity index (χ1) is 9.60. The number of nitrogens with one attached hydrogen (secondary N) is 2. The average Bonchev–Trinajstić information content (AvgIpc) is 3.05. The molecule has 1 fully saturated rings. The van der Waals surface area contributed by atoms with Crippen molar-refractivity contribution in [3.63, 3.8) is 0 Å². The Bertz CT molecular complexity index is 495. The van der Waals surface area contributed by atoms with Crippen LogP contribution in [0.25, 0.3) is 0 Å². The summed E-state index contributed by atoms with van der Waals surface area (Å²) < 4.78 is 0. The molecule has 1 heterocycles. The molecule has 0 atom stereocenters. The molecule has 110 valence electrons. The molecule has 20 heavy (non-hydrogen) atoms. The number of carbonyl (C=O) groups excluding carboxylic acids is 2. The molecule has 1 aromatic heterocycles. The van der Waals surface area contributed by atoms with Gasteiger partial charge in [0.25, 0.3) is 5.91 Å². The van der Waals surface area contributed by atoms with E-state index in [9.17, 15) is 9.59 Å². The lowest BCUT2D eigenvalue weighted by molar-refractivity contribution is -0.116. The van der Waals surface area contributed by atoms with Gasteiger partial charge in [0.2, 0.25) is 5.91 Å². The van der Waals surface area contributed by atoms with E-state index in [0.29, 0.717) is 22.5 Å². The molecule has 1 saturated carbocycles. The number of hydrogen-bond acceptors (Lipinski definition) is 5. The van der Waals surface area contributed by atoms with Crippen LogP contribution in [0.3, 0.4) is 0 Å². The van der Waals surface area contributed by atoms with Crippen LogP contribution in [0.2, 0.25) is 0 Å². The van der Waals surface area contributed by atoms with Crippen molar-refractivity contribution >= 4 is 33.3 Å². The molecule has 1 aliphatic carbocycles. The van der Waals surface area contributed by atoms with E-state index in [-0.39, 0.29) is 11.6 Å². The zero-order valence-corrected chi connectivity index (χ0v) is 12.4. The first-order valence-corrected chi connectivity index (χ1v) is 7.70. The van der Waals surface area contributed by atoms with Gasteiger partial charge < -0.3 is 16.4 Å². The lowest BCUT2D eigenvalue weighted by Crippen LogP contribution is -2.17. The molecular weight excluding hydrogens is 276 g/mol. The number of carbonyl (C=O) groups is 2. The Morgan fingerprint density at radius 2 is 2.10 bits per heavy atom. The third-order valence-corrected chi connectivity index (χ3v) is 4.57. The van der Waals surface area contributed by atoms with Gasteiger partial charge >= 0.3 is 0 Å². The zero-order valence-electron chi connectivity index (χ0n) is 11.6. The summed E-state index contributed by atoms with van der Waals surface area (Å²) >= 11 is 1.22. The van der Waals surface area contributed by atoms with Crippen molar-refractivity contribution in [3.8, 4) is 0 Å². The van der Waals surface area contributed by atoms with Crippen molar-refractivity contribution in [2.75, 3.05) is 17.7 Å². The van der Waals surface area contributed by atoms with Gasteiger partial charge in [0.05, 0.1) is 0 Å². The molecule has 0 spiro atoms. The summed E-state index contributed by atoms with van der Waals surface area (Å²) in [6.45, 7) is 0. The van der Waals surface area contributed by atoms with Gasteiger partial charge in [-0.2, -0.15) is 0 Å². The van der Waals surface area contributed by atoms with E-state index in [0.717, 1.165) is 6.42 Å². The second-order valence-corrected chi connectivity index (χ2v) is 6.05. The van der Waals surface area contributed by atoms with Crippen molar-refractivity contribution in [2.24, 2.45) is 11.7 Å². The van der Waals surface area contributed by atoms with Crippen molar-refractivity contribution in [1.29, 1.82) is 0 Å². The first-order valence-electron chi connectivity index (χ1n) is 6.88. The lowest BCUT2D eigenvalue weighted by atomic mass is 10.0. The summed E-state index contributed by atoms with van der Waals surface area (Å²) in [4.78, 5) is 27.3. The largest absolute Gasteiger partial charge is 0.365 e. The van der Waals surface area contributed by atoms with E-state index in [2.05, 4.69) is 15.6 Å². The predicted octanol–water partition coefficient (Wildman–Crippen LogP) is 2.19. The summed E-state index contributed by atoms with van der Waals surface area (Å²) in [5, 5.41) is 6.58. The Balaban J connectivity index is 1.92. The van der Waals surface area contributed by atoms with Gasteiger partial charge in [-0.15, -0.1) is 0 Å². The van der Waals surface area contributed by atoms with Gasteiger partial charge in [-0.3, -0.25) is 9.59 Å². The Kier molecular flexibility index (Phi) is 4.94. The number of hydrogen-bond donors (Lipinski definition) is 3. The van der Waals surface area contributed by atoms with Crippen molar-refractivity contribution in [1.82, 2.24) is 4.98 Å². The maximum Gasteiger partial charge on any atom is 0.270 e. The smallest absolute Gasteiger partial charge is 0.270 e. The molecule has 1 aromatic rings. The molecular formula is C13H20N4O2S. The number of primary amides is 1. The molecule has 0 aliphatic heterocycles. The second kappa shape index (κ2) is 6.69. The topological polar surface area (TPSA) is 97.1 Å². The van der Waals surface area contributed by atoms with Crippen LogP contribution >= 0.6 is 11.3 Å². The molecule has 0 unspecified atom stereocenters. The molecule has 6 nitrogen and oxygen atoms in total. The first kappa shape index (κ1) is 14.8. The van der Waals surface area contributed by atoms with Crippen molar-refractivity contribution in [3.05, 3.63) is 5.69 Å². The van der Waals surface area contributed by atoms with Crippen LogP contribution < -0.4 is 16.4 Å². The standard InChI is InChI=1S/C13H20N4O2S/c1-15-13-17-10(11(14)19)12(20-13)16-9(18)7-6-8-4-2-3-5-8/h8H,2-7H2,1H3,(H2,14,19)(H,15,17)(H,16,18). The van der Waals surface area contributed by atoms with Crippen LogP contribution in [-0.4, -0.2) is 23.8 Å². The van der Waals surface area contributed by atoms with Crippen molar-refractivity contribution < 1.29 is 9.59 Å². The van der Waals surface area contributed by atoms with Crippen LogP contribution in [0.5, 0.6) is 0 Å². The minimum absolute atomic E-state index is 0.0781. The normalized spacial score (nSPS) is 15.2. The summed E-state index contributed by atoms with van der Waals surface area (Å²) in [6, 6.07) is 0. The summed E-state index contributed by atoms with van der Waals surface area (Å²) in [6.07, 6.45) is 6.40. The number of nitrogens with two attached hydrogens (primary N) is 1. The fourth-order valence-corrected chi connectivity index (χ4v) is 3.34. The third kappa shape index (κ3) is 3.69. The molecule has 7 heteroatoms.